The summed E-state index contributed by atoms with van der Waals surface area (Å²) < 4.78 is 10.7. The van der Waals surface area contributed by atoms with Crippen LogP contribution in [0, 0.1) is 5.41 Å². The number of hydrogen-bond donors (Lipinski definition) is 1. The van der Waals surface area contributed by atoms with Gasteiger partial charge in [0.1, 0.15) is 0 Å². The molecule has 1 amide bonds. The van der Waals surface area contributed by atoms with E-state index in [1.165, 1.54) is 0 Å². The SMILES string of the molecule is COCC1(C(=O)N2CCCOCC2)CCNCC1.Cl. The normalized spacial score (nSPS) is 23.3. The molecule has 6 heteroatoms. The largest absolute Gasteiger partial charge is 0.384 e. The number of piperidine rings is 1. The number of methoxy groups -OCH3 is 1. The monoisotopic (exact) mass is 292 g/mol. The van der Waals surface area contributed by atoms with Crippen LogP contribution in [0.15, 0.2) is 0 Å². The van der Waals surface area contributed by atoms with Gasteiger partial charge in [-0.25, -0.2) is 0 Å². The molecule has 0 aromatic carbocycles. The molecule has 5 nitrogen and oxygen atoms in total. The Labute approximate surface area is 121 Å². The zero-order valence-corrected chi connectivity index (χ0v) is 12.5. The standard InChI is InChI=1S/C13H24N2O3.ClH/c1-17-11-13(3-5-14-6-4-13)12(16)15-7-2-9-18-10-8-15;/h14H,2-11H2,1H3;1H. The summed E-state index contributed by atoms with van der Waals surface area (Å²) in [5, 5.41) is 3.32. The molecule has 2 saturated heterocycles. The summed E-state index contributed by atoms with van der Waals surface area (Å²) in [4.78, 5) is 14.8. The van der Waals surface area contributed by atoms with Crippen LogP contribution < -0.4 is 5.32 Å². The Morgan fingerprint density at radius 1 is 1.32 bits per heavy atom. The van der Waals surface area contributed by atoms with Gasteiger partial charge in [0, 0.05) is 26.8 Å². The van der Waals surface area contributed by atoms with E-state index in [0.717, 1.165) is 52.0 Å². The first-order valence-corrected chi connectivity index (χ1v) is 6.85. The van der Waals surface area contributed by atoms with E-state index >= 15 is 0 Å². The highest BCUT2D eigenvalue weighted by Gasteiger charge is 2.42. The first kappa shape index (κ1) is 16.7. The van der Waals surface area contributed by atoms with Crippen molar-refractivity contribution >= 4 is 18.3 Å². The van der Waals surface area contributed by atoms with Crippen molar-refractivity contribution in [2.45, 2.75) is 19.3 Å². The van der Waals surface area contributed by atoms with Crippen LogP contribution in [0.25, 0.3) is 0 Å². The van der Waals surface area contributed by atoms with Gasteiger partial charge in [0.05, 0.1) is 18.6 Å². The molecule has 0 saturated carbocycles. The Kier molecular flexibility index (Phi) is 7.07. The Morgan fingerprint density at radius 2 is 2.05 bits per heavy atom. The van der Waals surface area contributed by atoms with Crippen LogP contribution in [0.2, 0.25) is 0 Å². The molecule has 2 aliphatic rings. The zero-order valence-electron chi connectivity index (χ0n) is 11.7. The first-order valence-electron chi connectivity index (χ1n) is 6.85. The summed E-state index contributed by atoms with van der Waals surface area (Å²) >= 11 is 0. The molecule has 2 rings (SSSR count). The van der Waals surface area contributed by atoms with E-state index in [1.807, 2.05) is 4.90 Å². The van der Waals surface area contributed by atoms with Crippen molar-refractivity contribution in [2.24, 2.45) is 5.41 Å². The second kappa shape index (κ2) is 8.04. The van der Waals surface area contributed by atoms with E-state index in [2.05, 4.69) is 5.32 Å². The molecule has 0 bridgehead atoms. The van der Waals surface area contributed by atoms with Crippen molar-refractivity contribution in [2.75, 3.05) is 53.1 Å². The fourth-order valence-electron chi connectivity index (χ4n) is 2.89. The van der Waals surface area contributed by atoms with Crippen molar-refractivity contribution in [1.29, 1.82) is 0 Å². The van der Waals surface area contributed by atoms with E-state index < -0.39 is 0 Å². The fourth-order valence-corrected chi connectivity index (χ4v) is 2.89. The van der Waals surface area contributed by atoms with E-state index in [0.29, 0.717) is 13.2 Å². The predicted molar refractivity (Wildman–Crippen MR) is 75.7 cm³/mol. The van der Waals surface area contributed by atoms with E-state index in [1.54, 1.807) is 7.11 Å². The maximum absolute atomic E-state index is 12.8. The number of hydrogen-bond acceptors (Lipinski definition) is 4. The molecular weight excluding hydrogens is 268 g/mol. The number of nitrogens with zero attached hydrogens (tertiary/aromatic N) is 1. The Hall–Kier alpha value is -0.360. The maximum Gasteiger partial charge on any atom is 0.231 e. The molecule has 112 valence electrons. The third-order valence-corrected chi connectivity index (χ3v) is 3.94. The van der Waals surface area contributed by atoms with Crippen LogP contribution in [0.3, 0.4) is 0 Å². The molecule has 19 heavy (non-hydrogen) atoms. The molecule has 1 N–H and O–H groups in total. The Balaban J connectivity index is 0.00000180. The second-order valence-corrected chi connectivity index (χ2v) is 5.22. The fraction of sp³-hybridized carbons (Fsp3) is 0.923. The minimum absolute atomic E-state index is 0. The molecule has 2 fully saturated rings. The lowest BCUT2D eigenvalue weighted by atomic mass is 9.78. The number of ether oxygens (including phenoxy) is 2. The summed E-state index contributed by atoms with van der Waals surface area (Å²) in [7, 11) is 1.68. The maximum atomic E-state index is 12.8. The Bertz CT molecular complexity index is 270. The number of nitrogens with one attached hydrogen (secondary N) is 1. The highest BCUT2D eigenvalue weighted by atomic mass is 35.5. The van der Waals surface area contributed by atoms with E-state index in [4.69, 9.17) is 9.47 Å². The lowest BCUT2D eigenvalue weighted by Gasteiger charge is -2.39. The summed E-state index contributed by atoms with van der Waals surface area (Å²) in [6, 6.07) is 0. The van der Waals surface area contributed by atoms with Gasteiger partial charge in [-0.3, -0.25) is 4.79 Å². The van der Waals surface area contributed by atoms with Gasteiger partial charge < -0.3 is 19.7 Å². The van der Waals surface area contributed by atoms with Gasteiger partial charge in [-0.2, -0.15) is 0 Å². The van der Waals surface area contributed by atoms with Crippen LogP contribution in [-0.2, 0) is 14.3 Å². The van der Waals surface area contributed by atoms with Crippen molar-refractivity contribution in [3.63, 3.8) is 0 Å². The van der Waals surface area contributed by atoms with Crippen molar-refractivity contribution in [3.05, 3.63) is 0 Å². The topological polar surface area (TPSA) is 50.8 Å². The van der Waals surface area contributed by atoms with Gasteiger partial charge in [-0.05, 0) is 32.4 Å². The number of carbonyl (C=O) groups excluding carboxylic acids is 1. The molecule has 0 radical (unpaired) electrons. The van der Waals surface area contributed by atoms with Crippen LogP contribution in [0.4, 0.5) is 0 Å². The highest BCUT2D eigenvalue weighted by molar-refractivity contribution is 5.85. The van der Waals surface area contributed by atoms with Crippen molar-refractivity contribution in [1.82, 2.24) is 10.2 Å². The van der Waals surface area contributed by atoms with Crippen LogP contribution in [0.1, 0.15) is 19.3 Å². The molecule has 0 aromatic rings. The third kappa shape index (κ3) is 4.05. The van der Waals surface area contributed by atoms with Crippen LogP contribution in [0.5, 0.6) is 0 Å². The lowest BCUT2D eigenvalue weighted by Crippen LogP contribution is -2.52. The van der Waals surface area contributed by atoms with Gasteiger partial charge in [-0.15, -0.1) is 12.4 Å². The van der Waals surface area contributed by atoms with E-state index in [9.17, 15) is 4.79 Å². The number of rotatable bonds is 3. The minimum atomic E-state index is -0.315. The summed E-state index contributed by atoms with van der Waals surface area (Å²) in [5.41, 5.74) is -0.315. The van der Waals surface area contributed by atoms with Gasteiger partial charge in [0.2, 0.25) is 5.91 Å². The summed E-state index contributed by atoms with van der Waals surface area (Å²) in [6.07, 6.45) is 2.68. The predicted octanol–water partition coefficient (Wildman–Crippen LogP) is 0.673. The highest BCUT2D eigenvalue weighted by Crippen LogP contribution is 2.31. The molecule has 2 heterocycles. The van der Waals surface area contributed by atoms with Crippen molar-refractivity contribution < 1.29 is 14.3 Å². The average molecular weight is 293 g/mol. The van der Waals surface area contributed by atoms with Gasteiger partial charge >= 0.3 is 0 Å². The number of amides is 1. The molecule has 2 aliphatic heterocycles. The number of halogens is 1. The molecule has 0 aromatic heterocycles. The van der Waals surface area contributed by atoms with Crippen molar-refractivity contribution in [3.8, 4) is 0 Å². The molecule has 0 unspecified atom stereocenters. The smallest absolute Gasteiger partial charge is 0.231 e. The second-order valence-electron chi connectivity index (χ2n) is 5.22. The van der Waals surface area contributed by atoms with Gasteiger partial charge in [-0.1, -0.05) is 0 Å². The minimum Gasteiger partial charge on any atom is -0.384 e. The first-order chi connectivity index (χ1) is 8.78. The van der Waals surface area contributed by atoms with Gasteiger partial charge in [0.25, 0.3) is 0 Å². The Morgan fingerprint density at radius 3 is 2.74 bits per heavy atom. The van der Waals surface area contributed by atoms with Crippen LogP contribution in [-0.4, -0.2) is 63.9 Å². The third-order valence-electron chi connectivity index (χ3n) is 3.94. The molecular formula is C13H25ClN2O3. The number of carbonyl (C=O) groups is 1. The van der Waals surface area contributed by atoms with E-state index in [-0.39, 0.29) is 23.7 Å². The average Bonchev–Trinajstić information content (AvgIpc) is 2.68. The quantitative estimate of drug-likeness (QED) is 0.831. The zero-order chi connectivity index (χ0) is 12.8. The lowest BCUT2D eigenvalue weighted by molar-refractivity contribution is -0.147. The summed E-state index contributed by atoms with van der Waals surface area (Å²) in [5.74, 6) is 0.261. The molecule has 0 spiro atoms. The molecule has 0 atom stereocenters. The molecule has 0 aliphatic carbocycles. The van der Waals surface area contributed by atoms with Crippen LogP contribution >= 0.6 is 12.4 Å². The summed E-state index contributed by atoms with van der Waals surface area (Å²) in [6.45, 7) is 5.30. The van der Waals surface area contributed by atoms with Gasteiger partial charge in [0.15, 0.2) is 0 Å².